The van der Waals surface area contributed by atoms with Gasteiger partial charge in [0.2, 0.25) is 0 Å². The molecule has 11 radical (unpaired) electrons. The van der Waals surface area contributed by atoms with Crippen LogP contribution in [0.25, 0.3) is 0 Å². The smallest absolute Gasteiger partial charge is 0.176 e. The summed E-state index contributed by atoms with van der Waals surface area (Å²) in [6.07, 6.45) is 4.06. The molecule has 0 N–H and O–H groups in total. The molecular formula is C16H39B10O2Si4. The van der Waals surface area contributed by atoms with Crippen LogP contribution >= 0.6 is 0 Å². The lowest BCUT2D eigenvalue weighted by Crippen LogP contribution is -2.67. The van der Waals surface area contributed by atoms with E-state index in [2.05, 4.69) is 66.1 Å². The third-order valence-electron chi connectivity index (χ3n) is 6.85. The van der Waals surface area contributed by atoms with Crippen LogP contribution in [0.3, 0.4) is 0 Å². The fraction of sp³-hybridized carbons (Fsp3) is 1.00. The van der Waals surface area contributed by atoms with Gasteiger partial charge in [-0.25, -0.2) is 0 Å². The maximum absolute atomic E-state index is 6.94. The van der Waals surface area contributed by atoms with Gasteiger partial charge in [0.15, 0.2) is 33.3 Å². The highest BCUT2D eigenvalue weighted by molar-refractivity contribution is 7.84. The van der Waals surface area contributed by atoms with Crippen LogP contribution in [-0.2, 0) is 8.23 Å². The zero-order chi connectivity index (χ0) is 25.1. The molecule has 0 amide bonds. The number of hydrogen-bond acceptors (Lipinski definition) is 2. The Balaban J connectivity index is 3.02. The van der Waals surface area contributed by atoms with Crippen LogP contribution in [0.1, 0.15) is 25.7 Å². The zero-order valence-corrected chi connectivity index (χ0v) is 26.3. The van der Waals surface area contributed by atoms with E-state index in [1.54, 1.807) is 0 Å². The summed E-state index contributed by atoms with van der Waals surface area (Å²) in [5.41, 5.74) is 0.780. The molecule has 1 atom stereocenters. The molecule has 161 valence electrons. The van der Waals surface area contributed by atoms with E-state index in [1.165, 1.54) is 25.7 Å². The molecule has 1 saturated carbocycles. The average Bonchev–Trinajstić information content (AvgIpc) is 3.09. The molecule has 0 spiro atoms. The van der Waals surface area contributed by atoms with E-state index in [0.717, 1.165) is 11.5 Å². The summed E-state index contributed by atoms with van der Waals surface area (Å²) in [4.78, 5) is 0. The van der Waals surface area contributed by atoms with Crippen LogP contribution in [0.4, 0.5) is 0 Å². The molecule has 0 aliphatic heterocycles. The second kappa shape index (κ2) is 12.1. The molecule has 1 aliphatic rings. The molecule has 1 unspecified atom stereocenters. The first kappa shape index (κ1) is 31.5. The Labute approximate surface area is 213 Å². The standard InChI is InChI=1S/C16H39B10O2Si4/c1-29(2,3)27-32(8,9)16(24(25(18)19)26(20)21)23(17)22-14-30(4,5)28-31(6,7)15-12-10-11-13-15/h15-16H,10-14H2,1-9H3. The van der Waals surface area contributed by atoms with E-state index in [9.17, 15) is 0 Å². The summed E-state index contributed by atoms with van der Waals surface area (Å²) < 4.78 is 13.7. The van der Waals surface area contributed by atoms with Gasteiger partial charge in [-0.1, -0.05) is 37.0 Å². The van der Waals surface area contributed by atoms with E-state index < -0.39 is 46.0 Å². The van der Waals surface area contributed by atoms with Crippen molar-refractivity contribution in [3.8, 4) is 0 Å². The van der Waals surface area contributed by atoms with Gasteiger partial charge in [-0.15, -0.1) is 0 Å². The van der Waals surface area contributed by atoms with Gasteiger partial charge in [-0.05, 0) is 64.5 Å². The van der Waals surface area contributed by atoms with E-state index in [1.807, 2.05) is 0 Å². The molecule has 0 saturated heterocycles. The Morgan fingerprint density at radius 1 is 0.812 bits per heavy atom. The fourth-order valence-corrected chi connectivity index (χ4v) is 24.4. The molecule has 1 aliphatic carbocycles. The first-order valence-corrected chi connectivity index (χ1v) is 24.8. The minimum Gasteiger partial charge on any atom is -0.457 e. The minimum absolute atomic E-state index is 0.0703. The Morgan fingerprint density at radius 3 is 1.69 bits per heavy atom. The third-order valence-corrected chi connectivity index (χ3v) is 21.9. The van der Waals surface area contributed by atoms with Crippen molar-refractivity contribution in [3.63, 3.8) is 0 Å². The van der Waals surface area contributed by atoms with Crippen LogP contribution in [0, 0.1) is 0 Å². The predicted octanol–water partition coefficient (Wildman–Crippen LogP) is 2.48. The van der Waals surface area contributed by atoms with E-state index in [0.29, 0.717) is 0 Å². The second-order valence-corrected chi connectivity index (χ2v) is 30.2. The van der Waals surface area contributed by atoms with Gasteiger partial charge in [-0.3, -0.25) is 0 Å². The van der Waals surface area contributed by atoms with Crippen molar-refractivity contribution in [2.24, 2.45) is 0 Å². The van der Waals surface area contributed by atoms with Gasteiger partial charge >= 0.3 is 0 Å². The van der Waals surface area contributed by atoms with Gasteiger partial charge in [-0.2, -0.15) is 0 Å². The topological polar surface area (TPSA) is 18.5 Å². The Bertz CT molecular complexity index is 578. The second-order valence-electron chi connectivity index (χ2n) is 12.5. The Hall–Kier alpha value is 1.44. The number of hydrogen-bond donors (Lipinski definition) is 0. The minimum atomic E-state index is -2.32. The van der Waals surface area contributed by atoms with Crippen molar-refractivity contribution < 1.29 is 8.23 Å². The molecule has 0 heterocycles. The molecular weight excluding hydrogens is 445 g/mol. The lowest BCUT2D eigenvalue weighted by Gasteiger charge is -2.47. The summed E-state index contributed by atoms with van der Waals surface area (Å²) in [5, 5.41) is -0.0703. The zero-order valence-electron chi connectivity index (χ0n) is 22.3. The molecule has 1 rings (SSSR count). The summed E-state index contributed by atoms with van der Waals surface area (Å²) in [6, 6.07) is 0. The Morgan fingerprint density at radius 2 is 1.28 bits per heavy atom. The lowest BCUT2D eigenvalue weighted by molar-refractivity contribution is 0.519. The maximum Gasteiger partial charge on any atom is 0.176 e. The van der Waals surface area contributed by atoms with Gasteiger partial charge in [0, 0.05) is 64.4 Å². The first-order valence-electron chi connectivity index (χ1n) is 12.3. The van der Waals surface area contributed by atoms with Crippen LogP contribution < -0.4 is 0 Å². The Kier molecular flexibility index (Phi) is 11.9. The summed E-state index contributed by atoms with van der Waals surface area (Å²) in [7, 11) is 26.1. The largest absolute Gasteiger partial charge is 0.457 e. The monoisotopic (exact) mass is 485 g/mol. The van der Waals surface area contributed by atoms with Crippen molar-refractivity contribution in [2.45, 2.75) is 101 Å². The molecule has 1 fully saturated rings. The van der Waals surface area contributed by atoms with Crippen molar-refractivity contribution >= 4 is 105 Å². The highest BCUT2D eigenvalue weighted by Crippen LogP contribution is 2.40. The summed E-state index contributed by atoms with van der Waals surface area (Å²) in [6.45, 7) is 19.9. The number of rotatable bonds is 13. The molecule has 0 bridgehead atoms. The highest BCUT2D eigenvalue weighted by atomic mass is 28.4. The van der Waals surface area contributed by atoms with E-state index in [4.69, 9.17) is 46.9 Å². The summed E-state index contributed by atoms with van der Waals surface area (Å²) in [5.74, 6) is 0.886. The lowest BCUT2D eigenvalue weighted by atomic mass is 8.69. The van der Waals surface area contributed by atoms with E-state index >= 15 is 0 Å². The van der Waals surface area contributed by atoms with Gasteiger partial charge < -0.3 is 8.23 Å². The normalized spacial score (nSPS) is 17.2. The molecule has 2 nitrogen and oxygen atoms in total. The SMILES string of the molecule is [B]B([B])B(B([B])[B])C(B([B])[B]C[Si](C)(C)O[Si](C)(C)C1CCCC1)[Si](C)(C)O[Si](C)(C)C. The third kappa shape index (κ3) is 9.83. The van der Waals surface area contributed by atoms with Gasteiger partial charge in [0.25, 0.3) is 0 Å². The van der Waals surface area contributed by atoms with Gasteiger partial charge in [0.05, 0.1) is 7.17 Å². The van der Waals surface area contributed by atoms with Gasteiger partial charge in [0.1, 0.15) is 0 Å². The molecule has 16 heteroatoms. The molecule has 0 aromatic rings. The van der Waals surface area contributed by atoms with Crippen LogP contribution in [0.5, 0.6) is 0 Å². The average molecular weight is 484 g/mol. The first-order chi connectivity index (χ1) is 14.3. The molecule has 0 aromatic heterocycles. The summed E-state index contributed by atoms with van der Waals surface area (Å²) >= 11 is 0. The van der Waals surface area contributed by atoms with Crippen LogP contribution in [0.15, 0.2) is 0 Å². The fourth-order valence-electron chi connectivity index (χ4n) is 5.80. The van der Waals surface area contributed by atoms with E-state index in [-0.39, 0.29) is 18.3 Å². The van der Waals surface area contributed by atoms with Crippen molar-refractivity contribution in [1.29, 1.82) is 0 Å². The van der Waals surface area contributed by atoms with Crippen molar-refractivity contribution in [1.82, 2.24) is 0 Å². The molecule has 32 heavy (non-hydrogen) atoms. The van der Waals surface area contributed by atoms with Crippen molar-refractivity contribution in [3.05, 3.63) is 0 Å². The highest BCUT2D eigenvalue weighted by Gasteiger charge is 2.48. The van der Waals surface area contributed by atoms with Crippen molar-refractivity contribution in [2.75, 3.05) is 0 Å². The predicted molar refractivity (Wildman–Crippen MR) is 166 cm³/mol. The molecule has 0 aromatic carbocycles. The maximum atomic E-state index is 6.94. The van der Waals surface area contributed by atoms with Crippen LogP contribution in [-0.4, -0.2) is 105 Å². The van der Waals surface area contributed by atoms with Crippen LogP contribution in [0.2, 0.25) is 75.7 Å². The quantitative estimate of drug-likeness (QED) is 0.375.